The lowest BCUT2D eigenvalue weighted by Crippen LogP contribution is -2.18. The highest BCUT2D eigenvalue weighted by molar-refractivity contribution is 5.33. The SMILES string of the molecule is CCCCCCCCOc1ccc(C2CCC(CCC3CCC(CCCCCCCC)CC3)CC2)c(F)c1F. The maximum atomic E-state index is 15.0. The van der Waals surface area contributed by atoms with Crippen LogP contribution in [0.3, 0.4) is 0 Å². The van der Waals surface area contributed by atoms with E-state index < -0.39 is 11.6 Å². The molecule has 0 spiro atoms. The Labute approximate surface area is 240 Å². The van der Waals surface area contributed by atoms with Crippen molar-refractivity contribution in [3.63, 3.8) is 0 Å². The lowest BCUT2D eigenvalue weighted by Gasteiger charge is -2.32. The Morgan fingerprint density at radius 1 is 0.564 bits per heavy atom. The van der Waals surface area contributed by atoms with Gasteiger partial charge in [-0.05, 0) is 67.4 Å². The zero-order valence-electron chi connectivity index (χ0n) is 25.6. The molecule has 2 saturated carbocycles. The van der Waals surface area contributed by atoms with E-state index in [1.54, 1.807) is 12.1 Å². The third-order valence-electron chi connectivity index (χ3n) is 10.0. The van der Waals surface area contributed by atoms with Gasteiger partial charge in [0.15, 0.2) is 11.6 Å². The molecule has 0 N–H and O–H groups in total. The molecule has 0 unspecified atom stereocenters. The van der Waals surface area contributed by atoms with Gasteiger partial charge >= 0.3 is 0 Å². The van der Waals surface area contributed by atoms with Crippen LogP contribution < -0.4 is 4.74 Å². The molecule has 0 atom stereocenters. The summed E-state index contributed by atoms with van der Waals surface area (Å²) in [6, 6.07) is 3.46. The summed E-state index contributed by atoms with van der Waals surface area (Å²) in [4.78, 5) is 0. The summed E-state index contributed by atoms with van der Waals surface area (Å²) in [5, 5.41) is 0. The lowest BCUT2D eigenvalue weighted by molar-refractivity contribution is 0.221. The predicted octanol–water partition coefficient (Wildman–Crippen LogP) is 12.3. The van der Waals surface area contributed by atoms with E-state index in [1.807, 2.05) is 0 Å². The minimum atomic E-state index is -0.785. The summed E-state index contributed by atoms with van der Waals surface area (Å²) in [5.74, 6) is 1.48. The molecule has 2 aliphatic rings. The number of hydrogen-bond donors (Lipinski definition) is 0. The molecule has 0 radical (unpaired) electrons. The van der Waals surface area contributed by atoms with Crippen LogP contribution in [0, 0.1) is 29.4 Å². The van der Waals surface area contributed by atoms with E-state index in [2.05, 4.69) is 13.8 Å². The van der Waals surface area contributed by atoms with E-state index in [1.165, 1.54) is 109 Å². The van der Waals surface area contributed by atoms with E-state index in [9.17, 15) is 8.78 Å². The first kappa shape index (κ1) is 32.4. The topological polar surface area (TPSA) is 9.23 Å². The Kier molecular flexibility index (Phi) is 15.9. The minimum Gasteiger partial charge on any atom is -0.490 e. The predicted molar refractivity (Wildman–Crippen MR) is 163 cm³/mol. The molecule has 0 amide bonds. The number of hydrogen-bond acceptors (Lipinski definition) is 1. The van der Waals surface area contributed by atoms with Crippen LogP contribution in [0.15, 0.2) is 12.1 Å². The van der Waals surface area contributed by atoms with Gasteiger partial charge in [0.25, 0.3) is 0 Å². The van der Waals surface area contributed by atoms with Gasteiger partial charge in [0.05, 0.1) is 6.61 Å². The summed E-state index contributed by atoms with van der Waals surface area (Å²) in [6.45, 7) is 4.97. The van der Waals surface area contributed by atoms with Gasteiger partial charge in [-0.3, -0.25) is 0 Å². The van der Waals surface area contributed by atoms with Gasteiger partial charge in [-0.2, -0.15) is 4.39 Å². The highest BCUT2D eigenvalue weighted by atomic mass is 19.2. The van der Waals surface area contributed by atoms with Gasteiger partial charge in [0.2, 0.25) is 5.82 Å². The second kappa shape index (κ2) is 19.1. The van der Waals surface area contributed by atoms with E-state index >= 15 is 0 Å². The number of halogens is 2. The standard InChI is InChI=1S/C36H60F2O/c1-3-5-7-9-11-13-15-29-16-18-30(19-17-29)20-21-31-22-24-32(25-23-31)33-26-27-34(36(38)35(33)37)39-28-14-12-10-8-6-4-2/h26-27,29-32H,3-25,28H2,1-2H3. The smallest absolute Gasteiger partial charge is 0.200 e. The van der Waals surface area contributed by atoms with Gasteiger partial charge in [-0.25, -0.2) is 4.39 Å². The Morgan fingerprint density at radius 3 is 1.64 bits per heavy atom. The molecule has 1 nitrogen and oxygen atoms in total. The maximum Gasteiger partial charge on any atom is 0.200 e. The van der Waals surface area contributed by atoms with Gasteiger partial charge in [0, 0.05) is 0 Å². The first-order valence-corrected chi connectivity index (χ1v) is 17.2. The Bertz CT molecular complexity index is 762. The normalized spacial score (nSPS) is 23.7. The van der Waals surface area contributed by atoms with Crippen molar-refractivity contribution in [3.05, 3.63) is 29.3 Å². The summed E-state index contributed by atoms with van der Waals surface area (Å²) in [7, 11) is 0. The summed E-state index contributed by atoms with van der Waals surface area (Å²) in [6.07, 6.45) is 29.7. The second-order valence-corrected chi connectivity index (χ2v) is 13.1. The van der Waals surface area contributed by atoms with Gasteiger partial charge in [-0.15, -0.1) is 0 Å². The van der Waals surface area contributed by atoms with Crippen molar-refractivity contribution in [3.8, 4) is 5.75 Å². The fourth-order valence-electron chi connectivity index (χ4n) is 7.29. The molecule has 3 heteroatoms. The van der Waals surface area contributed by atoms with Crippen LogP contribution in [0.5, 0.6) is 5.75 Å². The quantitative estimate of drug-likeness (QED) is 0.157. The molecule has 3 rings (SSSR count). The lowest BCUT2D eigenvalue weighted by atomic mass is 9.74. The van der Waals surface area contributed by atoms with Crippen molar-refractivity contribution in [1.29, 1.82) is 0 Å². The summed E-state index contributed by atoms with van der Waals surface area (Å²) in [5.41, 5.74) is 0.571. The molecular weight excluding hydrogens is 486 g/mol. The number of benzene rings is 1. The molecule has 0 aromatic heterocycles. The first-order valence-electron chi connectivity index (χ1n) is 17.2. The fraction of sp³-hybridized carbons (Fsp3) is 0.833. The number of rotatable bonds is 19. The third-order valence-corrected chi connectivity index (χ3v) is 10.0. The largest absolute Gasteiger partial charge is 0.490 e. The van der Waals surface area contributed by atoms with Crippen LogP contribution in [0.2, 0.25) is 0 Å². The average Bonchev–Trinajstić information content (AvgIpc) is 2.96. The summed E-state index contributed by atoms with van der Waals surface area (Å²) >= 11 is 0. The molecule has 1 aromatic carbocycles. The second-order valence-electron chi connectivity index (χ2n) is 13.1. The number of ether oxygens (including phenoxy) is 1. The maximum absolute atomic E-state index is 15.0. The van der Waals surface area contributed by atoms with Crippen molar-refractivity contribution in [1.82, 2.24) is 0 Å². The zero-order valence-corrected chi connectivity index (χ0v) is 25.6. The first-order chi connectivity index (χ1) is 19.1. The molecule has 2 fully saturated rings. The van der Waals surface area contributed by atoms with Gasteiger partial charge in [0.1, 0.15) is 0 Å². The van der Waals surface area contributed by atoms with E-state index in [-0.39, 0.29) is 11.7 Å². The third kappa shape index (κ3) is 11.7. The summed E-state index contributed by atoms with van der Waals surface area (Å²) < 4.78 is 35.3. The molecule has 0 saturated heterocycles. The fourth-order valence-corrected chi connectivity index (χ4v) is 7.29. The van der Waals surface area contributed by atoms with Gasteiger partial charge in [-0.1, -0.05) is 135 Å². The molecular formula is C36H60F2O. The van der Waals surface area contributed by atoms with Crippen molar-refractivity contribution < 1.29 is 13.5 Å². The van der Waals surface area contributed by atoms with Crippen molar-refractivity contribution in [2.75, 3.05) is 6.61 Å². The van der Waals surface area contributed by atoms with Crippen LogP contribution in [-0.4, -0.2) is 6.61 Å². The van der Waals surface area contributed by atoms with Crippen molar-refractivity contribution >= 4 is 0 Å². The number of unbranched alkanes of at least 4 members (excludes halogenated alkanes) is 10. The molecule has 0 bridgehead atoms. The van der Waals surface area contributed by atoms with Crippen LogP contribution in [-0.2, 0) is 0 Å². The molecule has 0 aliphatic heterocycles. The van der Waals surface area contributed by atoms with E-state index in [4.69, 9.17) is 4.74 Å². The highest BCUT2D eigenvalue weighted by Crippen LogP contribution is 2.42. The van der Waals surface area contributed by atoms with Crippen LogP contribution >= 0.6 is 0 Å². The highest BCUT2D eigenvalue weighted by Gasteiger charge is 2.28. The molecule has 1 aromatic rings. The van der Waals surface area contributed by atoms with Crippen LogP contribution in [0.1, 0.15) is 173 Å². The van der Waals surface area contributed by atoms with Gasteiger partial charge < -0.3 is 4.74 Å². The molecule has 39 heavy (non-hydrogen) atoms. The van der Waals surface area contributed by atoms with Crippen molar-refractivity contribution in [2.24, 2.45) is 17.8 Å². The Morgan fingerprint density at radius 2 is 1.05 bits per heavy atom. The van der Waals surface area contributed by atoms with Crippen LogP contribution in [0.25, 0.3) is 0 Å². The van der Waals surface area contributed by atoms with E-state index in [0.29, 0.717) is 12.2 Å². The molecule has 2 aliphatic carbocycles. The monoisotopic (exact) mass is 546 g/mol. The Hall–Kier alpha value is -1.12. The molecule has 0 heterocycles. The minimum absolute atomic E-state index is 0.0835. The van der Waals surface area contributed by atoms with E-state index in [0.717, 1.165) is 56.3 Å². The van der Waals surface area contributed by atoms with Crippen molar-refractivity contribution in [2.45, 2.75) is 167 Å². The Balaban J connectivity index is 1.29. The molecule has 224 valence electrons. The van der Waals surface area contributed by atoms with Crippen LogP contribution in [0.4, 0.5) is 8.78 Å². The zero-order chi connectivity index (χ0) is 27.7. The average molecular weight is 547 g/mol.